The number of anilines is 2. The maximum absolute atomic E-state index is 12.1. The van der Waals surface area contributed by atoms with E-state index < -0.39 is 23.7 Å². The zero-order chi connectivity index (χ0) is 17.2. The van der Waals surface area contributed by atoms with Crippen LogP contribution in [-0.2, 0) is 14.3 Å². The van der Waals surface area contributed by atoms with E-state index in [9.17, 15) is 14.7 Å². The van der Waals surface area contributed by atoms with Gasteiger partial charge in [0.1, 0.15) is 6.10 Å². The van der Waals surface area contributed by atoms with Crippen LogP contribution in [0.3, 0.4) is 0 Å². The van der Waals surface area contributed by atoms with Gasteiger partial charge in [0.25, 0.3) is 5.91 Å². The maximum Gasteiger partial charge on any atom is 0.256 e. The topological polar surface area (TPSA) is 128 Å². The molecule has 0 saturated heterocycles. The Kier molecular flexibility index (Phi) is 4.67. The number of nitrogens with zero attached hydrogens (tertiary/aromatic N) is 1. The minimum absolute atomic E-state index is 0.248. The second kappa shape index (κ2) is 6.35. The number of hydrogen-bond donors (Lipinski definition) is 3. The zero-order valence-electron chi connectivity index (χ0n) is 13.1. The number of aliphatic hydroxyl groups is 1. The van der Waals surface area contributed by atoms with Crippen molar-refractivity contribution >= 4 is 34.7 Å². The fraction of sp³-hybridized carbons (Fsp3) is 0.400. The quantitative estimate of drug-likeness (QED) is 0.703. The van der Waals surface area contributed by atoms with Crippen LogP contribution in [0.1, 0.15) is 20.8 Å². The molecule has 0 aliphatic rings. The summed E-state index contributed by atoms with van der Waals surface area (Å²) >= 11 is 0. The van der Waals surface area contributed by atoms with Crippen LogP contribution in [0.15, 0.2) is 22.7 Å². The standard InChI is InChI=1S/C15H19N3O5/c1-15(2,3)22-11(7-19)12(20)14(21)17-8-4-5-9-10(6-8)23-18-13(9)16/h4-7,11-12,20H,1-3H3,(H2,16,18)(H,17,21)/t11-,12+/m0/s1. The smallest absolute Gasteiger partial charge is 0.256 e. The van der Waals surface area contributed by atoms with E-state index in [1.807, 2.05) is 0 Å². The largest absolute Gasteiger partial charge is 0.380 e. The van der Waals surface area contributed by atoms with E-state index in [-0.39, 0.29) is 5.82 Å². The van der Waals surface area contributed by atoms with Gasteiger partial charge < -0.3 is 30.2 Å². The molecule has 8 heteroatoms. The van der Waals surface area contributed by atoms with Crippen LogP contribution in [0.25, 0.3) is 11.0 Å². The fourth-order valence-corrected chi connectivity index (χ4v) is 1.98. The summed E-state index contributed by atoms with van der Waals surface area (Å²) < 4.78 is 10.4. The van der Waals surface area contributed by atoms with Gasteiger partial charge in [0.15, 0.2) is 23.8 Å². The number of carbonyl (C=O) groups excluding carboxylic acids is 2. The lowest BCUT2D eigenvalue weighted by Gasteiger charge is -2.26. The van der Waals surface area contributed by atoms with Gasteiger partial charge in [0, 0.05) is 11.8 Å². The van der Waals surface area contributed by atoms with Crippen LogP contribution in [-0.4, -0.2) is 40.3 Å². The molecule has 23 heavy (non-hydrogen) atoms. The Labute approximate surface area is 132 Å². The minimum atomic E-state index is -1.64. The van der Waals surface area contributed by atoms with E-state index >= 15 is 0 Å². The number of amides is 1. The second-order valence-corrected chi connectivity index (χ2v) is 6.04. The van der Waals surface area contributed by atoms with E-state index in [1.54, 1.807) is 32.9 Å². The summed E-state index contributed by atoms with van der Waals surface area (Å²) in [6.45, 7) is 5.16. The summed E-state index contributed by atoms with van der Waals surface area (Å²) in [5, 5.41) is 16.7. The Balaban J connectivity index is 2.10. The lowest BCUT2D eigenvalue weighted by atomic mass is 10.1. The van der Waals surface area contributed by atoms with Gasteiger partial charge in [-0.2, -0.15) is 0 Å². The lowest BCUT2D eigenvalue weighted by Crippen LogP contribution is -2.44. The van der Waals surface area contributed by atoms with Crippen molar-refractivity contribution in [1.29, 1.82) is 0 Å². The first-order valence-electron chi connectivity index (χ1n) is 6.98. The highest BCUT2D eigenvalue weighted by Gasteiger charge is 2.30. The third-order valence-electron chi connectivity index (χ3n) is 2.97. The Morgan fingerprint density at radius 3 is 2.78 bits per heavy atom. The summed E-state index contributed by atoms with van der Waals surface area (Å²) in [5.74, 6) is -0.518. The molecule has 2 atom stereocenters. The third kappa shape index (κ3) is 4.05. The molecule has 124 valence electrons. The van der Waals surface area contributed by atoms with Gasteiger partial charge in [-0.25, -0.2) is 0 Å². The molecular formula is C15H19N3O5. The van der Waals surface area contributed by atoms with Gasteiger partial charge in [-0.3, -0.25) is 4.79 Å². The minimum Gasteiger partial charge on any atom is -0.380 e. The Bertz CT molecular complexity index is 719. The number of nitrogen functional groups attached to an aromatic ring is 1. The molecular weight excluding hydrogens is 302 g/mol. The molecule has 0 unspecified atom stereocenters. The fourth-order valence-electron chi connectivity index (χ4n) is 1.98. The third-order valence-corrected chi connectivity index (χ3v) is 2.97. The van der Waals surface area contributed by atoms with Crippen molar-refractivity contribution in [1.82, 2.24) is 5.16 Å². The first-order valence-corrected chi connectivity index (χ1v) is 6.98. The molecule has 0 bridgehead atoms. The van der Waals surface area contributed by atoms with Crippen molar-refractivity contribution in [3.63, 3.8) is 0 Å². The predicted octanol–water partition coefficient (Wildman–Crippen LogP) is 1.09. The van der Waals surface area contributed by atoms with E-state index in [4.69, 9.17) is 15.0 Å². The number of carbonyl (C=O) groups is 2. The summed E-state index contributed by atoms with van der Waals surface area (Å²) in [6, 6.07) is 4.73. The van der Waals surface area contributed by atoms with E-state index in [2.05, 4.69) is 10.5 Å². The normalized spacial score (nSPS) is 14.4. The molecule has 4 N–H and O–H groups in total. The molecule has 8 nitrogen and oxygen atoms in total. The van der Waals surface area contributed by atoms with Crippen LogP contribution in [0, 0.1) is 0 Å². The van der Waals surface area contributed by atoms with E-state index in [0.29, 0.717) is 22.9 Å². The SMILES string of the molecule is CC(C)(C)O[C@@H](C=O)[C@@H](O)C(=O)Nc1ccc2c(N)noc2c1. The van der Waals surface area contributed by atoms with Crippen molar-refractivity contribution < 1.29 is 24.0 Å². The van der Waals surface area contributed by atoms with Gasteiger partial charge in [-0.1, -0.05) is 5.16 Å². The van der Waals surface area contributed by atoms with Gasteiger partial charge in [0.2, 0.25) is 0 Å². The molecule has 2 aromatic rings. The molecule has 0 saturated carbocycles. The summed E-state index contributed by atoms with van der Waals surface area (Å²) in [7, 11) is 0. The number of benzene rings is 1. The number of fused-ring (bicyclic) bond motifs is 1. The first-order chi connectivity index (χ1) is 10.7. The molecule has 2 rings (SSSR count). The average Bonchev–Trinajstić information content (AvgIpc) is 2.84. The molecule has 1 heterocycles. The number of ether oxygens (including phenoxy) is 1. The number of nitrogens with one attached hydrogen (secondary N) is 1. The average molecular weight is 321 g/mol. The number of aliphatic hydroxyl groups excluding tert-OH is 1. The number of rotatable bonds is 5. The molecule has 1 amide bonds. The molecule has 0 fully saturated rings. The van der Waals surface area contributed by atoms with Crippen molar-refractivity contribution in [2.24, 2.45) is 0 Å². The second-order valence-electron chi connectivity index (χ2n) is 6.04. The zero-order valence-corrected chi connectivity index (χ0v) is 13.1. The molecule has 0 spiro atoms. The highest BCUT2D eigenvalue weighted by Crippen LogP contribution is 2.24. The molecule has 1 aromatic heterocycles. The highest BCUT2D eigenvalue weighted by molar-refractivity contribution is 5.98. The Morgan fingerprint density at radius 1 is 1.48 bits per heavy atom. The molecule has 0 aliphatic heterocycles. The van der Waals surface area contributed by atoms with Crippen molar-refractivity contribution in [2.75, 3.05) is 11.1 Å². The summed E-state index contributed by atoms with van der Waals surface area (Å²) in [4.78, 5) is 23.1. The summed E-state index contributed by atoms with van der Waals surface area (Å²) in [5.41, 5.74) is 5.70. The van der Waals surface area contributed by atoms with Crippen LogP contribution < -0.4 is 11.1 Å². The first kappa shape index (κ1) is 16.9. The number of nitrogens with two attached hydrogens (primary N) is 1. The van der Waals surface area contributed by atoms with Crippen LogP contribution in [0.2, 0.25) is 0 Å². The van der Waals surface area contributed by atoms with E-state index in [0.717, 1.165) is 0 Å². The van der Waals surface area contributed by atoms with Crippen LogP contribution >= 0.6 is 0 Å². The predicted molar refractivity (Wildman–Crippen MR) is 83.7 cm³/mol. The van der Waals surface area contributed by atoms with E-state index in [1.165, 1.54) is 6.07 Å². The number of aldehydes is 1. The highest BCUT2D eigenvalue weighted by atomic mass is 16.5. The molecule has 0 aliphatic carbocycles. The summed E-state index contributed by atoms with van der Waals surface area (Å²) in [6.07, 6.45) is -2.50. The van der Waals surface area contributed by atoms with Gasteiger partial charge in [-0.05, 0) is 32.9 Å². The molecule has 1 aromatic carbocycles. The van der Waals surface area contributed by atoms with Crippen molar-refractivity contribution in [3.05, 3.63) is 18.2 Å². The van der Waals surface area contributed by atoms with Gasteiger partial charge in [0.05, 0.1) is 11.0 Å². The molecule has 0 radical (unpaired) electrons. The van der Waals surface area contributed by atoms with Crippen LogP contribution in [0.4, 0.5) is 11.5 Å². The van der Waals surface area contributed by atoms with Crippen molar-refractivity contribution in [3.8, 4) is 0 Å². The van der Waals surface area contributed by atoms with Gasteiger partial charge >= 0.3 is 0 Å². The number of hydrogen-bond acceptors (Lipinski definition) is 7. The van der Waals surface area contributed by atoms with Crippen LogP contribution in [0.5, 0.6) is 0 Å². The monoisotopic (exact) mass is 321 g/mol. The van der Waals surface area contributed by atoms with Gasteiger partial charge in [-0.15, -0.1) is 0 Å². The number of aromatic nitrogens is 1. The Morgan fingerprint density at radius 2 is 2.17 bits per heavy atom. The maximum atomic E-state index is 12.1. The lowest BCUT2D eigenvalue weighted by molar-refractivity contribution is -0.151. The Hall–Kier alpha value is -2.45. The van der Waals surface area contributed by atoms with Crippen molar-refractivity contribution in [2.45, 2.75) is 38.6 Å².